The lowest BCUT2D eigenvalue weighted by molar-refractivity contribution is 0.0668. The Labute approximate surface area is 168 Å². The lowest BCUT2D eigenvalue weighted by Gasteiger charge is -2.33. The first kappa shape index (κ1) is 19.2. The van der Waals surface area contributed by atoms with Crippen molar-refractivity contribution >= 4 is 5.91 Å². The third-order valence-electron chi connectivity index (χ3n) is 5.45. The molecule has 29 heavy (non-hydrogen) atoms. The molecule has 152 valence electrons. The number of nitrogens with zero attached hydrogens (tertiary/aromatic N) is 5. The van der Waals surface area contributed by atoms with E-state index >= 15 is 0 Å². The number of carbonyl (C=O) groups is 1. The number of aromatic hydroxyl groups is 1. The Hall–Kier alpha value is -3.16. The largest absolute Gasteiger partial charge is 0.504 e. The Kier molecular flexibility index (Phi) is 5.08. The van der Waals surface area contributed by atoms with Gasteiger partial charge in [0.05, 0.1) is 17.9 Å². The summed E-state index contributed by atoms with van der Waals surface area (Å²) < 4.78 is 16.9. The Bertz CT molecular complexity index is 1040. The van der Waals surface area contributed by atoms with Crippen LogP contribution in [0.5, 0.6) is 5.75 Å². The van der Waals surface area contributed by atoms with Crippen LogP contribution < -0.4 is 0 Å². The third-order valence-corrected chi connectivity index (χ3v) is 5.45. The predicted octanol–water partition coefficient (Wildman–Crippen LogP) is 3.26. The van der Waals surface area contributed by atoms with E-state index in [1.54, 1.807) is 24.1 Å². The van der Waals surface area contributed by atoms with Crippen molar-refractivity contribution in [2.24, 2.45) is 0 Å². The first-order chi connectivity index (χ1) is 14.0. The highest BCUT2D eigenvalue weighted by Gasteiger charge is 2.29. The van der Waals surface area contributed by atoms with Crippen LogP contribution in [0.15, 0.2) is 36.8 Å². The number of hydrogen-bond donors (Lipinski definition) is 1. The molecule has 0 bridgehead atoms. The monoisotopic (exact) mass is 397 g/mol. The minimum Gasteiger partial charge on any atom is -0.504 e. The molecule has 7 nitrogen and oxygen atoms in total. The van der Waals surface area contributed by atoms with Gasteiger partial charge in [0.15, 0.2) is 11.4 Å². The number of amides is 1. The third kappa shape index (κ3) is 3.62. The van der Waals surface area contributed by atoms with Crippen molar-refractivity contribution in [2.75, 3.05) is 13.1 Å². The Balaban J connectivity index is 1.57. The zero-order chi connectivity index (χ0) is 20.5. The molecule has 0 saturated carbocycles. The zero-order valence-corrected chi connectivity index (χ0v) is 16.5. The molecule has 1 fully saturated rings. The van der Waals surface area contributed by atoms with Gasteiger partial charge < -0.3 is 14.6 Å². The molecule has 0 spiro atoms. The lowest BCUT2D eigenvalue weighted by atomic mass is 10.0. The average Bonchev–Trinajstić information content (AvgIpc) is 3.34. The Morgan fingerprint density at radius 3 is 2.97 bits per heavy atom. The van der Waals surface area contributed by atoms with Crippen LogP contribution in [-0.2, 0) is 6.42 Å². The summed E-state index contributed by atoms with van der Waals surface area (Å²) in [5, 5.41) is 14.7. The molecule has 1 amide bonds. The molecule has 8 heteroatoms. The number of carbonyl (C=O) groups excluding carboxylic acids is 1. The van der Waals surface area contributed by atoms with Crippen LogP contribution >= 0.6 is 0 Å². The van der Waals surface area contributed by atoms with Crippen molar-refractivity contribution in [1.82, 2.24) is 24.2 Å². The number of benzene rings is 1. The second kappa shape index (κ2) is 7.69. The van der Waals surface area contributed by atoms with E-state index in [9.17, 15) is 14.3 Å². The minimum absolute atomic E-state index is 0.00993. The Morgan fingerprint density at radius 2 is 2.21 bits per heavy atom. The average molecular weight is 397 g/mol. The number of likely N-dealkylation sites (tertiary alicyclic amines) is 1. The van der Waals surface area contributed by atoms with E-state index in [1.807, 2.05) is 6.20 Å². The number of hydrogen-bond acceptors (Lipinski definition) is 4. The number of aromatic nitrogens is 4. The molecule has 2 aromatic heterocycles. The molecule has 4 rings (SSSR count). The number of aryl methyl sites for hydroxylation is 2. The van der Waals surface area contributed by atoms with Gasteiger partial charge in [-0.3, -0.25) is 4.79 Å². The topological polar surface area (TPSA) is 76.2 Å². The molecule has 0 aliphatic carbocycles. The molecular formula is C21H24FN5O2. The fraction of sp³-hybridized carbons (Fsp3) is 0.381. The quantitative estimate of drug-likeness (QED) is 0.733. The number of piperidine rings is 1. The highest BCUT2D eigenvalue weighted by Crippen LogP contribution is 2.27. The maximum atomic E-state index is 13.4. The minimum atomic E-state index is -0.343. The standard InChI is InChI=1S/C21H24FN5O2/c1-3-19-23-8-10-26(19)16-5-4-9-25(12-16)21(29)20-18(28)13-27(24-20)17-7-6-15(22)11-14(17)2/h6-8,10-11,13,16,28H,3-5,9,12H2,1-2H3. The van der Waals surface area contributed by atoms with E-state index < -0.39 is 0 Å². The first-order valence-corrected chi connectivity index (χ1v) is 9.84. The summed E-state index contributed by atoms with van der Waals surface area (Å²) >= 11 is 0. The normalized spacial score (nSPS) is 16.9. The first-order valence-electron chi connectivity index (χ1n) is 9.84. The number of imidazole rings is 1. The van der Waals surface area contributed by atoms with Crippen LogP contribution in [0.2, 0.25) is 0 Å². The fourth-order valence-electron chi connectivity index (χ4n) is 3.98. The molecule has 3 heterocycles. The van der Waals surface area contributed by atoms with E-state index in [4.69, 9.17) is 0 Å². The maximum absolute atomic E-state index is 13.4. The second-order valence-electron chi connectivity index (χ2n) is 7.39. The molecule has 1 aliphatic heterocycles. The van der Waals surface area contributed by atoms with Gasteiger partial charge in [0, 0.05) is 31.9 Å². The van der Waals surface area contributed by atoms with E-state index in [0.29, 0.717) is 24.3 Å². The summed E-state index contributed by atoms with van der Waals surface area (Å²) in [7, 11) is 0. The van der Waals surface area contributed by atoms with Crippen LogP contribution in [0.3, 0.4) is 0 Å². The van der Waals surface area contributed by atoms with Crippen LogP contribution in [0.25, 0.3) is 5.69 Å². The van der Waals surface area contributed by atoms with Crippen molar-refractivity contribution in [3.05, 3.63) is 59.7 Å². The Morgan fingerprint density at radius 1 is 1.38 bits per heavy atom. The molecule has 1 saturated heterocycles. The molecule has 1 aromatic carbocycles. The SMILES string of the molecule is CCc1nccn1C1CCCN(C(=O)c2nn(-c3ccc(F)cc3C)cc2O)C1. The van der Waals surface area contributed by atoms with Crippen LogP contribution in [0, 0.1) is 12.7 Å². The highest BCUT2D eigenvalue weighted by molar-refractivity contribution is 5.95. The van der Waals surface area contributed by atoms with Crippen molar-refractivity contribution in [2.45, 2.75) is 39.2 Å². The van der Waals surface area contributed by atoms with Gasteiger partial charge in [0.1, 0.15) is 11.6 Å². The highest BCUT2D eigenvalue weighted by atomic mass is 19.1. The zero-order valence-electron chi connectivity index (χ0n) is 16.5. The summed E-state index contributed by atoms with van der Waals surface area (Å²) in [6, 6.07) is 4.46. The van der Waals surface area contributed by atoms with Gasteiger partial charge in [-0.05, 0) is 43.5 Å². The van der Waals surface area contributed by atoms with Crippen molar-refractivity contribution in [3.63, 3.8) is 0 Å². The number of rotatable bonds is 4. The second-order valence-corrected chi connectivity index (χ2v) is 7.39. The predicted molar refractivity (Wildman–Crippen MR) is 106 cm³/mol. The van der Waals surface area contributed by atoms with Crippen LogP contribution in [-0.4, -0.2) is 48.3 Å². The van der Waals surface area contributed by atoms with E-state index in [2.05, 4.69) is 21.6 Å². The molecule has 1 unspecified atom stereocenters. The van der Waals surface area contributed by atoms with Crippen molar-refractivity contribution in [3.8, 4) is 11.4 Å². The lowest BCUT2D eigenvalue weighted by Crippen LogP contribution is -2.41. The fourth-order valence-corrected chi connectivity index (χ4v) is 3.98. The maximum Gasteiger partial charge on any atom is 0.278 e. The molecule has 1 N–H and O–H groups in total. The molecule has 1 atom stereocenters. The van der Waals surface area contributed by atoms with Gasteiger partial charge in [-0.1, -0.05) is 6.92 Å². The summed E-state index contributed by atoms with van der Waals surface area (Å²) in [6.07, 6.45) is 7.82. The summed E-state index contributed by atoms with van der Waals surface area (Å²) in [4.78, 5) is 19.2. The number of halogens is 1. The van der Waals surface area contributed by atoms with Crippen LogP contribution in [0.4, 0.5) is 4.39 Å². The smallest absolute Gasteiger partial charge is 0.278 e. The summed E-state index contributed by atoms with van der Waals surface area (Å²) in [6.45, 7) is 4.98. The van der Waals surface area contributed by atoms with Gasteiger partial charge in [0.2, 0.25) is 0 Å². The van der Waals surface area contributed by atoms with Gasteiger partial charge in [0.25, 0.3) is 5.91 Å². The van der Waals surface area contributed by atoms with E-state index in [0.717, 1.165) is 25.1 Å². The summed E-state index contributed by atoms with van der Waals surface area (Å²) in [5.74, 6) is 0.175. The molecule has 3 aromatic rings. The van der Waals surface area contributed by atoms with Gasteiger partial charge in [-0.2, -0.15) is 5.10 Å². The van der Waals surface area contributed by atoms with E-state index in [1.165, 1.54) is 23.0 Å². The summed E-state index contributed by atoms with van der Waals surface area (Å²) in [5.41, 5.74) is 1.29. The van der Waals surface area contributed by atoms with Gasteiger partial charge in [-0.25, -0.2) is 14.1 Å². The van der Waals surface area contributed by atoms with E-state index in [-0.39, 0.29) is 29.2 Å². The van der Waals surface area contributed by atoms with Crippen molar-refractivity contribution in [1.29, 1.82) is 0 Å². The van der Waals surface area contributed by atoms with Crippen LogP contribution in [0.1, 0.15) is 47.7 Å². The molecule has 1 aliphatic rings. The van der Waals surface area contributed by atoms with Gasteiger partial charge in [-0.15, -0.1) is 0 Å². The molecule has 0 radical (unpaired) electrons. The van der Waals surface area contributed by atoms with Crippen molar-refractivity contribution < 1.29 is 14.3 Å². The van der Waals surface area contributed by atoms with Gasteiger partial charge >= 0.3 is 0 Å². The molecular weight excluding hydrogens is 373 g/mol.